The minimum Gasteiger partial charge on any atom is -0.382 e. The van der Waals surface area contributed by atoms with E-state index in [-0.39, 0.29) is 23.7 Å². The summed E-state index contributed by atoms with van der Waals surface area (Å²) in [6.45, 7) is 0.240. The lowest BCUT2D eigenvalue weighted by atomic mass is 10.3. The SMILES string of the molecule is N#Cc1c(N)ncnc1NCc1nc2ccc(F)cc2n1-c1ccncc1. The Morgan fingerprint density at radius 3 is 2.78 bits per heavy atom. The number of halogens is 1. The highest BCUT2D eigenvalue weighted by atomic mass is 19.1. The van der Waals surface area contributed by atoms with Crippen LogP contribution in [0.1, 0.15) is 11.4 Å². The molecule has 27 heavy (non-hydrogen) atoms. The second-order valence-corrected chi connectivity index (χ2v) is 5.65. The largest absolute Gasteiger partial charge is 0.382 e. The van der Waals surface area contributed by atoms with Crippen LogP contribution in [0.25, 0.3) is 16.7 Å². The van der Waals surface area contributed by atoms with E-state index in [1.54, 1.807) is 30.6 Å². The number of pyridine rings is 1. The molecule has 9 heteroatoms. The molecule has 4 rings (SSSR count). The summed E-state index contributed by atoms with van der Waals surface area (Å²) in [5.41, 5.74) is 7.94. The third-order valence-electron chi connectivity index (χ3n) is 4.01. The van der Waals surface area contributed by atoms with Gasteiger partial charge in [0.05, 0.1) is 23.3 Å². The van der Waals surface area contributed by atoms with Crippen molar-refractivity contribution in [2.24, 2.45) is 0 Å². The highest BCUT2D eigenvalue weighted by molar-refractivity contribution is 5.78. The Morgan fingerprint density at radius 2 is 2.00 bits per heavy atom. The zero-order valence-electron chi connectivity index (χ0n) is 14.0. The first-order chi connectivity index (χ1) is 13.2. The molecule has 3 aromatic heterocycles. The van der Waals surface area contributed by atoms with Crippen molar-refractivity contribution in [1.82, 2.24) is 24.5 Å². The molecule has 0 bridgehead atoms. The number of fused-ring (bicyclic) bond motifs is 1. The van der Waals surface area contributed by atoms with E-state index in [9.17, 15) is 9.65 Å². The van der Waals surface area contributed by atoms with E-state index in [1.807, 2.05) is 10.6 Å². The van der Waals surface area contributed by atoms with E-state index >= 15 is 0 Å². The van der Waals surface area contributed by atoms with Gasteiger partial charge in [-0.2, -0.15) is 5.26 Å². The fourth-order valence-corrected chi connectivity index (χ4v) is 2.80. The molecule has 0 amide bonds. The molecule has 3 heterocycles. The van der Waals surface area contributed by atoms with Crippen LogP contribution < -0.4 is 11.1 Å². The van der Waals surface area contributed by atoms with Crippen LogP contribution in [0.5, 0.6) is 0 Å². The third kappa shape index (κ3) is 3.00. The van der Waals surface area contributed by atoms with E-state index in [4.69, 9.17) is 5.73 Å². The van der Waals surface area contributed by atoms with Crippen molar-refractivity contribution in [2.75, 3.05) is 11.1 Å². The number of nitrogens with zero attached hydrogens (tertiary/aromatic N) is 6. The molecule has 0 aliphatic carbocycles. The summed E-state index contributed by atoms with van der Waals surface area (Å²) in [7, 11) is 0. The molecule has 0 fully saturated rings. The summed E-state index contributed by atoms with van der Waals surface area (Å²) in [6.07, 6.45) is 4.58. The standard InChI is InChI=1S/C18H13FN8/c19-11-1-2-14-15(7-11)27(12-3-5-22-6-4-12)16(26-14)9-23-18-13(8-20)17(21)24-10-25-18/h1-7,10H,9H2,(H3,21,23,24,25). The third-order valence-corrected chi connectivity index (χ3v) is 4.01. The fourth-order valence-electron chi connectivity index (χ4n) is 2.80. The maximum Gasteiger partial charge on any atom is 0.149 e. The maximum atomic E-state index is 13.8. The van der Waals surface area contributed by atoms with E-state index in [0.717, 1.165) is 5.69 Å². The van der Waals surface area contributed by atoms with Crippen molar-refractivity contribution in [1.29, 1.82) is 5.26 Å². The number of anilines is 2. The van der Waals surface area contributed by atoms with Crippen LogP contribution in [-0.4, -0.2) is 24.5 Å². The minimum atomic E-state index is -0.354. The van der Waals surface area contributed by atoms with Gasteiger partial charge in [0.2, 0.25) is 0 Å². The van der Waals surface area contributed by atoms with Gasteiger partial charge in [-0.25, -0.2) is 19.3 Å². The number of nitrogens with two attached hydrogens (primary N) is 1. The van der Waals surface area contributed by atoms with Gasteiger partial charge in [-0.3, -0.25) is 9.55 Å². The molecule has 8 nitrogen and oxygen atoms in total. The summed E-state index contributed by atoms with van der Waals surface area (Å²) in [5.74, 6) is 0.666. The van der Waals surface area contributed by atoms with Crippen LogP contribution in [0, 0.1) is 17.1 Å². The van der Waals surface area contributed by atoms with Crippen LogP contribution in [0.15, 0.2) is 49.1 Å². The molecule has 0 aliphatic heterocycles. The van der Waals surface area contributed by atoms with Gasteiger partial charge >= 0.3 is 0 Å². The molecule has 0 spiro atoms. The van der Waals surface area contributed by atoms with Crippen LogP contribution in [0.4, 0.5) is 16.0 Å². The van der Waals surface area contributed by atoms with Crippen molar-refractivity contribution in [3.05, 3.63) is 66.3 Å². The Morgan fingerprint density at radius 1 is 1.19 bits per heavy atom. The average Bonchev–Trinajstić information content (AvgIpc) is 3.04. The quantitative estimate of drug-likeness (QED) is 0.573. The van der Waals surface area contributed by atoms with Gasteiger partial charge in [-0.05, 0) is 24.3 Å². The topological polar surface area (TPSA) is 118 Å². The first-order valence-electron chi connectivity index (χ1n) is 7.99. The number of rotatable bonds is 4. The summed E-state index contributed by atoms with van der Waals surface area (Å²) in [4.78, 5) is 16.5. The molecule has 3 N–H and O–H groups in total. The first-order valence-corrected chi connectivity index (χ1v) is 7.99. The number of benzene rings is 1. The average molecular weight is 360 g/mol. The lowest BCUT2D eigenvalue weighted by molar-refractivity contribution is 0.629. The Kier molecular flexibility index (Phi) is 4.06. The fraction of sp³-hybridized carbons (Fsp3) is 0.0556. The number of aromatic nitrogens is 5. The van der Waals surface area contributed by atoms with Crippen molar-refractivity contribution in [2.45, 2.75) is 6.54 Å². The molecule has 0 atom stereocenters. The molecule has 1 aromatic carbocycles. The highest BCUT2D eigenvalue weighted by Gasteiger charge is 2.15. The maximum absolute atomic E-state index is 13.8. The Balaban J connectivity index is 1.79. The van der Waals surface area contributed by atoms with Crippen LogP contribution in [-0.2, 0) is 6.54 Å². The van der Waals surface area contributed by atoms with Crippen LogP contribution in [0.2, 0.25) is 0 Å². The first kappa shape index (κ1) is 16.4. The van der Waals surface area contributed by atoms with Crippen LogP contribution in [0.3, 0.4) is 0 Å². The predicted octanol–water partition coefficient (Wildman–Crippen LogP) is 2.42. The minimum absolute atomic E-state index is 0.0970. The van der Waals surface area contributed by atoms with E-state index < -0.39 is 0 Å². The van der Waals surface area contributed by atoms with Crippen molar-refractivity contribution in [3.63, 3.8) is 0 Å². The lowest BCUT2D eigenvalue weighted by Crippen LogP contribution is -2.11. The predicted molar refractivity (Wildman–Crippen MR) is 97.3 cm³/mol. The molecule has 0 radical (unpaired) electrons. The lowest BCUT2D eigenvalue weighted by Gasteiger charge is -2.11. The van der Waals surface area contributed by atoms with Gasteiger partial charge in [-0.1, -0.05) is 0 Å². The number of hydrogen-bond acceptors (Lipinski definition) is 7. The number of hydrogen-bond donors (Lipinski definition) is 2. The van der Waals surface area contributed by atoms with E-state index in [0.29, 0.717) is 22.7 Å². The van der Waals surface area contributed by atoms with E-state index in [1.165, 1.54) is 18.5 Å². The number of nitriles is 1. The number of imidazole rings is 1. The molecule has 4 aromatic rings. The smallest absolute Gasteiger partial charge is 0.149 e. The second kappa shape index (κ2) is 6.68. The second-order valence-electron chi connectivity index (χ2n) is 5.65. The van der Waals surface area contributed by atoms with Crippen LogP contribution >= 0.6 is 0 Å². The number of nitrogen functional groups attached to an aromatic ring is 1. The zero-order chi connectivity index (χ0) is 18.8. The van der Waals surface area contributed by atoms with Gasteiger partial charge in [0.25, 0.3) is 0 Å². The van der Waals surface area contributed by atoms with Gasteiger partial charge in [0.15, 0.2) is 0 Å². The van der Waals surface area contributed by atoms with Crippen molar-refractivity contribution in [3.8, 4) is 11.8 Å². The summed E-state index contributed by atoms with van der Waals surface area (Å²) < 4.78 is 15.6. The summed E-state index contributed by atoms with van der Waals surface area (Å²) in [5, 5.41) is 12.3. The molecule has 0 unspecified atom stereocenters. The van der Waals surface area contributed by atoms with Gasteiger partial charge in [-0.15, -0.1) is 0 Å². The molecular formula is C18H13FN8. The van der Waals surface area contributed by atoms with Gasteiger partial charge in [0.1, 0.15) is 41.2 Å². The molecule has 132 valence electrons. The molecule has 0 saturated heterocycles. The summed E-state index contributed by atoms with van der Waals surface area (Å²) >= 11 is 0. The van der Waals surface area contributed by atoms with Gasteiger partial charge in [0, 0.05) is 18.5 Å². The Bertz CT molecular complexity index is 1160. The zero-order valence-corrected chi connectivity index (χ0v) is 14.0. The Hall–Kier alpha value is -4.06. The highest BCUT2D eigenvalue weighted by Crippen LogP contribution is 2.23. The Labute approximate surface area is 153 Å². The van der Waals surface area contributed by atoms with Crippen molar-refractivity contribution < 1.29 is 4.39 Å². The van der Waals surface area contributed by atoms with E-state index in [2.05, 4.69) is 25.3 Å². The number of nitrogens with one attached hydrogen (secondary N) is 1. The monoisotopic (exact) mass is 360 g/mol. The molecule has 0 aliphatic rings. The van der Waals surface area contributed by atoms with Crippen molar-refractivity contribution >= 4 is 22.7 Å². The normalized spacial score (nSPS) is 10.7. The molecular weight excluding hydrogens is 347 g/mol. The summed E-state index contributed by atoms with van der Waals surface area (Å²) in [6, 6.07) is 10.0. The van der Waals surface area contributed by atoms with Gasteiger partial charge < -0.3 is 11.1 Å². The molecule has 0 saturated carbocycles.